The first kappa shape index (κ1) is 12.9. The van der Waals surface area contributed by atoms with Crippen LogP contribution in [0.3, 0.4) is 0 Å². The van der Waals surface area contributed by atoms with Crippen LogP contribution >= 0.6 is 0 Å². The third kappa shape index (κ3) is 2.48. The number of carbonyl (C=O) groups is 1. The van der Waals surface area contributed by atoms with Gasteiger partial charge in [-0.2, -0.15) is 0 Å². The normalized spacial score (nSPS) is 22.2. The van der Waals surface area contributed by atoms with Gasteiger partial charge in [0.15, 0.2) is 0 Å². The van der Waals surface area contributed by atoms with E-state index in [9.17, 15) is 9.90 Å². The van der Waals surface area contributed by atoms with Crippen molar-refractivity contribution >= 4 is 11.7 Å². The number of hydrogen-bond acceptors (Lipinski definition) is 2. The molecule has 0 bridgehead atoms. The summed E-state index contributed by atoms with van der Waals surface area (Å²) in [5.74, 6) is 0. The van der Waals surface area contributed by atoms with Gasteiger partial charge in [-0.05, 0) is 49.4 Å². The van der Waals surface area contributed by atoms with Crippen molar-refractivity contribution in [3.8, 4) is 0 Å². The number of anilines is 1. The summed E-state index contributed by atoms with van der Waals surface area (Å²) in [5, 5.41) is 15.6. The predicted octanol–water partition coefficient (Wildman–Crippen LogP) is 1.99. The smallest absolute Gasteiger partial charge is 0.318 e. The quantitative estimate of drug-likeness (QED) is 0.711. The van der Waals surface area contributed by atoms with Crippen molar-refractivity contribution in [1.29, 1.82) is 0 Å². The Morgan fingerprint density at radius 2 is 2.11 bits per heavy atom. The van der Waals surface area contributed by atoms with Gasteiger partial charge >= 0.3 is 6.03 Å². The van der Waals surface area contributed by atoms with Crippen LogP contribution in [0.4, 0.5) is 10.5 Å². The number of rotatable bonds is 1. The molecule has 3 N–H and O–H groups in total. The number of urea groups is 1. The maximum absolute atomic E-state index is 11.4. The topological polar surface area (TPSA) is 61.4 Å². The van der Waals surface area contributed by atoms with Gasteiger partial charge in [-0.15, -0.1) is 0 Å². The number of nitrogens with one attached hydrogen (secondary N) is 2. The van der Waals surface area contributed by atoms with Gasteiger partial charge in [0.1, 0.15) is 0 Å². The SMILES string of the molecule is CNC(=O)Nc1ccc(C)c2c1CC(C)(O)CC2. The highest BCUT2D eigenvalue weighted by Gasteiger charge is 2.29. The van der Waals surface area contributed by atoms with Gasteiger partial charge in [-0.25, -0.2) is 4.79 Å². The van der Waals surface area contributed by atoms with Gasteiger partial charge in [-0.3, -0.25) is 0 Å². The minimum Gasteiger partial charge on any atom is -0.390 e. The Kier molecular flexibility index (Phi) is 3.30. The minimum absolute atomic E-state index is 0.230. The lowest BCUT2D eigenvalue weighted by Gasteiger charge is -2.32. The lowest BCUT2D eigenvalue weighted by molar-refractivity contribution is 0.0460. The molecule has 4 heteroatoms. The standard InChI is InChI=1S/C14H20N2O2/c1-9-4-5-12(16-13(17)15-3)11-8-14(2,18)7-6-10(9)11/h4-5,18H,6-8H2,1-3H3,(H2,15,16,17). The maximum atomic E-state index is 11.4. The molecule has 0 spiro atoms. The van der Waals surface area contributed by atoms with Crippen molar-refractivity contribution in [2.24, 2.45) is 0 Å². The summed E-state index contributed by atoms with van der Waals surface area (Å²) in [5.41, 5.74) is 3.67. The van der Waals surface area contributed by atoms with Crippen LogP contribution in [0.2, 0.25) is 0 Å². The molecular weight excluding hydrogens is 228 g/mol. The first-order valence-electron chi connectivity index (χ1n) is 6.25. The zero-order valence-corrected chi connectivity index (χ0v) is 11.1. The first-order valence-corrected chi connectivity index (χ1v) is 6.25. The lowest BCUT2D eigenvalue weighted by atomic mass is 9.79. The van der Waals surface area contributed by atoms with E-state index in [1.54, 1.807) is 7.05 Å². The molecular formula is C14H20N2O2. The number of amides is 2. The van der Waals surface area contributed by atoms with Crippen molar-refractivity contribution in [2.75, 3.05) is 12.4 Å². The Hall–Kier alpha value is -1.55. The molecule has 2 amide bonds. The van der Waals surface area contributed by atoms with Crippen molar-refractivity contribution in [3.05, 3.63) is 28.8 Å². The van der Waals surface area contributed by atoms with E-state index in [4.69, 9.17) is 0 Å². The third-order valence-corrected chi connectivity index (χ3v) is 3.61. The lowest BCUT2D eigenvalue weighted by Crippen LogP contribution is -2.34. The Bertz CT molecular complexity index is 481. The molecule has 0 heterocycles. The summed E-state index contributed by atoms with van der Waals surface area (Å²) >= 11 is 0. The Morgan fingerprint density at radius 3 is 2.78 bits per heavy atom. The molecule has 0 saturated heterocycles. The summed E-state index contributed by atoms with van der Waals surface area (Å²) in [6.07, 6.45) is 2.21. The Labute approximate surface area is 107 Å². The van der Waals surface area contributed by atoms with Gasteiger partial charge in [-0.1, -0.05) is 6.07 Å². The largest absolute Gasteiger partial charge is 0.390 e. The van der Waals surface area contributed by atoms with Crippen molar-refractivity contribution in [3.63, 3.8) is 0 Å². The number of aryl methyl sites for hydroxylation is 1. The van der Waals surface area contributed by atoms with Gasteiger partial charge in [0.05, 0.1) is 5.60 Å². The molecule has 1 aromatic carbocycles. The van der Waals surface area contributed by atoms with Crippen LogP contribution in [0.1, 0.15) is 30.0 Å². The molecule has 0 saturated carbocycles. The number of hydrogen-bond donors (Lipinski definition) is 3. The van der Waals surface area contributed by atoms with E-state index in [0.717, 1.165) is 24.1 Å². The predicted molar refractivity (Wildman–Crippen MR) is 71.9 cm³/mol. The number of aliphatic hydroxyl groups is 1. The number of benzene rings is 1. The van der Waals surface area contributed by atoms with Gasteiger partial charge in [0, 0.05) is 19.2 Å². The highest BCUT2D eigenvalue weighted by Crippen LogP contribution is 2.34. The maximum Gasteiger partial charge on any atom is 0.318 e. The minimum atomic E-state index is -0.681. The molecule has 0 aromatic heterocycles. The van der Waals surface area contributed by atoms with Crippen LogP contribution in [0.5, 0.6) is 0 Å². The second-order valence-corrected chi connectivity index (χ2v) is 5.26. The van der Waals surface area contributed by atoms with Gasteiger partial charge in [0.25, 0.3) is 0 Å². The summed E-state index contributed by atoms with van der Waals surface area (Å²) < 4.78 is 0. The molecule has 1 aromatic rings. The average molecular weight is 248 g/mol. The number of carbonyl (C=O) groups excluding carboxylic acids is 1. The van der Waals surface area contributed by atoms with Gasteiger partial charge < -0.3 is 15.7 Å². The van der Waals surface area contributed by atoms with Crippen LogP contribution in [-0.4, -0.2) is 23.8 Å². The molecule has 0 aliphatic heterocycles. The van der Waals surface area contributed by atoms with E-state index in [-0.39, 0.29) is 6.03 Å². The molecule has 1 aliphatic rings. The van der Waals surface area contributed by atoms with E-state index in [2.05, 4.69) is 17.6 Å². The van der Waals surface area contributed by atoms with Crippen LogP contribution in [0.25, 0.3) is 0 Å². The molecule has 1 atom stereocenters. The Balaban J connectivity index is 2.40. The summed E-state index contributed by atoms with van der Waals surface area (Å²) in [6, 6.07) is 3.70. The van der Waals surface area contributed by atoms with Crippen molar-refractivity contribution < 1.29 is 9.90 Å². The second kappa shape index (κ2) is 4.61. The molecule has 0 radical (unpaired) electrons. The monoisotopic (exact) mass is 248 g/mol. The molecule has 18 heavy (non-hydrogen) atoms. The molecule has 1 unspecified atom stereocenters. The highest BCUT2D eigenvalue weighted by molar-refractivity contribution is 5.90. The fourth-order valence-corrected chi connectivity index (χ4v) is 2.53. The summed E-state index contributed by atoms with van der Waals surface area (Å²) in [6.45, 7) is 3.92. The Morgan fingerprint density at radius 1 is 1.39 bits per heavy atom. The van der Waals surface area contributed by atoms with Crippen LogP contribution in [0.15, 0.2) is 12.1 Å². The fourth-order valence-electron chi connectivity index (χ4n) is 2.53. The zero-order valence-electron chi connectivity index (χ0n) is 11.1. The summed E-state index contributed by atoms with van der Waals surface area (Å²) in [4.78, 5) is 11.4. The van der Waals surface area contributed by atoms with E-state index in [0.29, 0.717) is 6.42 Å². The van der Waals surface area contributed by atoms with Crippen LogP contribution in [0, 0.1) is 6.92 Å². The summed E-state index contributed by atoms with van der Waals surface area (Å²) in [7, 11) is 1.59. The van der Waals surface area contributed by atoms with E-state index < -0.39 is 5.60 Å². The molecule has 4 nitrogen and oxygen atoms in total. The average Bonchev–Trinajstić information content (AvgIpc) is 2.31. The van der Waals surface area contributed by atoms with Crippen LogP contribution in [-0.2, 0) is 12.8 Å². The third-order valence-electron chi connectivity index (χ3n) is 3.61. The van der Waals surface area contributed by atoms with E-state index >= 15 is 0 Å². The van der Waals surface area contributed by atoms with Crippen LogP contribution < -0.4 is 10.6 Å². The number of fused-ring (bicyclic) bond motifs is 1. The van der Waals surface area contributed by atoms with Gasteiger partial charge in [0.2, 0.25) is 0 Å². The van der Waals surface area contributed by atoms with E-state index in [1.165, 1.54) is 11.1 Å². The molecule has 0 fully saturated rings. The zero-order chi connectivity index (χ0) is 13.3. The fraction of sp³-hybridized carbons (Fsp3) is 0.500. The highest BCUT2D eigenvalue weighted by atomic mass is 16.3. The van der Waals surface area contributed by atoms with Crippen molar-refractivity contribution in [1.82, 2.24) is 5.32 Å². The van der Waals surface area contributed by atoms with Crippen molar-refractivity contribution in [2.45, 2.75) is 38.7 Å². The molecule has 2 rings (SSSR count). The second-order valence-electron chi connectivity index (χ2n) is 5.26. The molecule has 1 aliphatic carbocycles. The molecule has 98 valence electrons. The first-order chi connectivity index (χ1) is 8.43. The van der Waals surface area contributed by atoms with E-state index in [1.807, 2.05) is 19.1 Å².